The number of amides is 2. The lowest BCUT2D eigenvalue weighted by atomic mass is 10.1. The van der Waals surface area contributed by atoms with Gasteiger partial charge < -0.3 is 19.7 Å². The largest absolute Gasteiger partial charge is 0.497 e. The normalized spacial score (nSPS) is 10.6. The molecule has 156 valence electrons. The molecule has 2 rings (SSSR count). The molecule has 0 bridgehead atoms. The zero-order chi connectivity index (χ0) is 21.4. The standard InChI is InChI=1S/C22H29N3O4/c1-16-9-10-20(29-5)17(11-16)13-24(2)15-22(27)25(3)14-21(26)23-18-7-6-8-19(12-18)28-4/h6-12H,13-15H2,1-5H3,(H,23,26). The molecule has 0 saturated heterocycles. The zero-order valence-corrected chi connectivity index (χ0v) is 17.7. The lowest BCUT2D eigenvalue weighted by Gasteiger charge is -2.22. The number of likely N-dealkylation sites (N-methyl/N-ethyl adjacent to an activating group) is 2. The minimum Gasteiger partial charge on any atom is -0.497 e. The molecule has 0 unspecified atom stereocenters. The quantitative estimate of drug-likeness (QED) is 0.702. The van der Waals surface area contributed by atoms with Gasteiger partial charge in [-0.2, -0.15) is 0 Å². The van der Waals surface area contributed by atoms with Crippen LogP contribution in [0, 0.1) is 6.92 Å². The minimum absolute atomic E-state index is 0.0301. The Morgan fingerprint density at radius 3 is 2.45 bits per heavy atom. The Hall–Kier alpha value is -3.06. The van der Waals surface area contributed by atoms with E-state index in [0.717, 1.165) is 16.9 Å². The van der Waals surface area contributed by atoms with E-state index in [2.05, 4.69) is 5.32 Å². The van der Waals surface area contributed by atoms with Crippen molar-refractivity contribution in [3.8, 4) is 11.5 Å². The van der Waals surface area contributed by atoms with Crippen molar-refractivity contribution < 1.29 is 19.1 Å². The van der Waals surface area contributed by atoms with Gasteiger partial charge in [0, 0.05) is 30.9 Å². The number of ether oxygens (including phenoxy) is 2. The van der Waals surface area contributed by atoms with E-state index in [0.29, 0.717) is 18.0 Å². The van der Waals surface area contributed by atoms with Crippen molar-refractivity contribution in [3.05, 3.63) is 53.6 Å². The Morgan fingerprint density at radius 2 is 1.76 bits per heavy atom. The van der Waals surface area contributed by atoms with Gasteiger partial charge in [0.05, 0.1) is 27.3 Å². The van der Waals surface area contributed by atoms with Crippen LogP contribution in [0.25, 0.3) is 0 Å². The lowest BCUT2D eigenvalue weighted by Crippen LogP contribution is -2.40. The first-order valence-electron chi connectivity index (χ1n) is 9.32. The molecule has 0 saturated carbocycles. The second-order valence-corrected chi connectivity index (χ2v) is 7.02. The summed E-state index contributed by atoms with van der Waals surface area (Å²) in [6.45, 7) is 2.75. The summed E-state index contributed by atoms with van der Waals surface area (Å²) in [6, 6.07) is 13.0. The highest BCUT2D eigenvalue weighted by molar-refractivity contribution is 5.94. The Morgan fingerprint density at radius 1 is 1.00 bits per heavy atom. The molecule has 2 amide bonds. The molecule has 7 heteroatoms. The van der Waals surface area contributed by atoms with Gasteiger partial charge in [0.1, 0.15) is 11.5 Å². The van der Waals surface area contributed by atoms with Crippen LogP contribution in [0.2, 0.25) is 0 Å². The molecule has 0 fully saturated rings. The van der Waals surface area contributed by atoms with Crippen molar-refractivity contribution in [2.24, 2.45) is 0 Å². The van der Waals surface area contributed by atoms with Gasteiger partial charge in [-0.3, -0.25) is 14.5 Å². The smallest absolute Gasteiger partial charge is 0.243 e. The lowest BCUT2D eigenvalue weighted by molar-refractivity contribution is -0.134. The number of aryl methyl sites for hydroxylation is 1. The van der Waals surface area contributed by atoms with Crippen LogP contribution in [0.15, 0.2) is 42.5 Å². The molecule has 0 aliphatic heterocycles. The van der Waals surface area contributed by atoms with Gasteiger partial charge in [-0.1, -0.05) is 23.8 Å². The van der Waals surface area contributed by atoms with E-state index in [1.807, 2.05) is 37.1 Å². The summed E-state index contributed by atoms with van der Waals surface area (Å²) < 4.78 is 10.5. The topological polar surface area (TPSA) is 71.1 Å². The third-order valence-corrected chi connectivity index (χ3v) is 4.44. The van der Waals surface area contributed by atoms with Crippen molar-refractivity contribution in [1.82, 2.24) is 9.80 Å². The highest BCUT2D eigenvalue weighted by Crippen LogP contribution is 2.21. The van der Waals surface area contributed by atoms with Gasteiger partial charge in [-0.05, 0) is 32.2 Å². The average molecular weight is 399 g/mol. The zero-order valence-electron chi connectivity index (χ0n) is 17.7. The number of rotatable bonds is 9. The van der Waals surface area contributed by atoms with E-state index in [4.69, 9.17) is 9.47 Å². The molecule has 0 radical (unpaired) electrons. The second kappa shape index (κ2) is 10.5. The van der Waals surface area contributed by atoms with Gasteiger partial charge in [-0.25, -0.2) is 0 Å². The number of hydrogen-bond acceptors (Lipinski definition) is 5. The highest BCUT2D eigenvalue weighted by Gasteiger charge is 2.16. The molecule has 7 nitrogen and oxygen atoms in total. The van der Waals surface area contributed by atoms with Crippen LogP contribution in [0.1, 0.15) is 11.1 Å². The number of hydrogen-bond donors (Lipinski definition) is 1. The fraction of sp³-hybridized carbons (Fsp3) is 0.364. The first-order chi connectivity index (χ1) is 13.8. The number of nitrogens with one attached hydrogen (secondary N) is 1. The number of carbonyl (C=O) groups is 2. The number of carbonyl (C=O) groups excluding carboxylic acids is 2. The van der Waals surface area contributed by atoms with Crippen LogP contribution in [0.3, 0.4) is 0 Å². The van der Waals surface area contributed by atoms with E-state index in [1.54, 1.807) is 45.5 Å². The molecule has 0 spiro atoms. The molecule has 0 aromatic heterocycles. The fourth-order valence-corrected chi connectivity index (χ4v) is 2.93. The van der Waals surface area contributed by atoms with Crippen LogP contribution >= 0.6 is 0 Å². The maximum absolute atomic E-state index is 12.5. The maximum atomic E-state index is 12.5. The molecule has 0 aliphatic carbocycles. The van der Waals surface area contributed by atoms with Crippen LogP contribution in [0.5, 0.6) is 11.5 Å². The predicted molar refractivity (Wildman–Crippen MR) is 113 cm³/mol. The molecule has 1 N–H and O–H groups in total. The Balaban J connectivity index is 1.87. The van der Waals surface area contributed by atoms with Gasteiger partial charge >= 0.3 is 0 Å². The molecule has 29 heavy (non-hydrogen) atoms. The maximum Gasteiger partial charge on any atom is 0.243 e. The van der Waals surface area contributed by atoms with Gasteiger partial charge in [-0.15, -0.1) is 0 Å². The second-order valence-electron chi connectivity index (χ2n) is 7.02. The average Bonchev–Trinajstić information content (AvgIpc) is 2.68. The van der Waals surface area contributed by atoms with Gasteiger partial charge in [0.2, 0.25) is 11.8 Å². The van der Waals surface area contributed by atoms with Crippen molar-refractivity contribution in [3.63, 3.8) is 0 Å². The highest BCUT2D eigenvalue weighted by atomic mass is 16.5. The SMILES string of the molecule is COc1cccc(NC(=O)CN(C)C(=O)CN(C)Cc2cc(C)ccc2OC)c1. The molecular formula is C22H29N3O4. The number of nitrogens with zero attached hydrogens (tertiary/aromatic N) is 2. The Kier molecular flexibility index (Phi) is 8.03. The van der Waals surface area contributed by atoms with Crippen LogP contribution in [-0.2, 0) is 16.1 Å². The van der Waals surface area contributed by atoms with Crippen LogP contribution in [-0.4, -0.2) is 63.0 Å². The number of anilines is 1. The number of benzene rings is 2. The Labute approximate surface area is 172 Å². The third kappa shape index (κ3) is 6.80. The summed E-state index contributed by atoms with van der Waals surface area (Å²) in [5.41, 5.74) is 2.77. The van der Waals surface area contributed by atoms with E-state index >= 15 is 0 Å². The first kappa shape index (κ1) is 22.2. The fourth-order valence-electron chi connectivity index (χ4n) is 2.93. The van der Waals surface area contributed by atoms with Crippen LogP contribution < -0.4 is 14.8 Å². The van der Waals surface area contributed by atoms with Gasteiger partial charge in [0.25, 0.3) is 0 Å². The summed E-state index contributed by atoms with van der Waals surface area (Å²) >= 11 is 0. The summed E-state index contributed by atoms with van der Waals surface area (Å²) in [7, 11) is 6.68. The molecule has 0 atom stereocenters. The minimum atomic E-state index is -0.267. The van der Waals surface area contributed by atoms with Gasteiger partial charge in [0.15, 0.2) is 0 Å². The van der Waals surface area contributed by atoms with Crippen LogP contribution in [0.4, 0.5) is 5.69 Å². The summed E-state index contributed by atoms with van der Waals surface area (Å²) in [5, 5.41) is 2.77. The summed E-state index contributed by atoms with van der Waals surface area (Å²) in [4.78, 5) is 28.1. The number of methoxy groups -OCH3 is 2. The monoisotopic (exact) mass is 399 g/mol. The molecule has 2 aromatic carbocycles. The van der Waals surface area contributed by atoms with E-state index < -0.39 is 0 Å². The van der Waals surface area contributed by atoms with Crippen molar-refractivity contribution >= 4 is 17.5 Å². The third-order valence-electron chi connectivity index (χ3n) is 4.44. The summed E-state index contributed by atoms with van der Waals surface area (Å²) in [5.74, 6) is 1.04. The van der Waals surface area contributed by atoms with Crippen molar-refractivity contribution in [2.75, 3.05) is 46.7 Å². The van der Waals surface area contributed by atoms with Crippen molar-refractivity contribution in [2.45, 2.75) is 13.5 Å². The van der Waals surface area contributed by atoms with E-state index in [-0.39, 0.29) is 24.9 Å². The van der Waals surface area contributed by atoms with E-state index in [9.17, 15) is 9.59 Å². The first-order valence-corrected chi connectivity index (χ1v) is 9.32. The molecule has 0 aliphatic rings. The van der Waals surface area contributed by atoms with E-state index in [1.165, 1.54) is 4.90 Å². The summed E-state index contributed by atoms with van der Waals surface area (Å²) in [6.07, 6.45) is 0. The van der Waals surface area contributed by atoms with Crippen molar-refractivity contribution in [1.29, 1.82) is 0 Å². The molecular weight excluding hydrogens is 370 g/mol. The molecule has 0 heterocycles. The Bertz CT molecular complexity index is 854. The molecule has 2 aromatic rings. The predicted octanol–water partition coefficient (Wildman–Crippen LogP) is 2.54.